The molecule has 0 aromatic heterocycles. The lowest BCUT2D eigenvalue weighted by molar-refractivity contribution is 0.0735. The minimum atomic E-state index is 0.703. The zero-order valence-corrected chi connectivity index (χ0v) is 12.0. The molecular formula is C15H22ClN3. The summed E-state index contributed by atoms with van der Waals surface area (Å²) in [6, 6.07) is 8.59. The van der Waals surface area contributed by atoms with Gasteiger partial charge in [-0.05, 0) is 56.1 Å². The van der Waals surface area contributed by atoms with E-state index < -0.39 is 0 Å². The van der Waals surface area contributed by atoms with Crippen LogP contribution in [0.25, 0.3) is 0 Å². The third-order valence-electron chi connectivity index (χ3n) is 4.36. The van der Waals surface area contributed by atoms with Gasteiger partial charge in [-0.15, -0.1) is 0 Å². The predicted octanol–water partition coefficient (Wildman–Crippen LogP) is 2.44. The van der Waals surface area contributed by atoms with Crippen LogP contribution in [0.15, 0.2) is 24.3 Å². The second-order valence-electron chi connectivity index (χ2n) is 5.63. The van der Waals surface area contributed by atoms with E-state index in [9.17, 15) is 0 Å². The molecule has 3 aliphatic heterocycles. The summed E-state index contributed by atoms with van der Waals surface area (Å²) >= 11 is 5.87. The van der Waals surface area contributed by atoms with Crippen LogP contribution in [-0.2, 0) is 0 Å². The van der Waals surface area contributed by atoms with Gasteiger partial charge >= 0.3 is 0 Å². The van der Waals surface area contributed by atoms with Gasteiger partial charge in [-0.25, -0.2) is 0 Å². The topological polar surface area (TPSA) is 27.3 Å². The molecule has 3 fully saturated rings. The standard InChI is InChI=1S/C15H22ClN3/c16-13-1-3-14(4-2-13)17-7-8-18-15-11-19-9-5-12(15)6-10-19/h1-4,12,15,17-18H,5-11H2/t15-/m0/s1. The van der Waals surface area contributed by atoms with E-state index in [2.05, 4.69) is 15.5 Å². The van der Waals surface area contributed by atoms with Crippen LogP contribution < -0.4 is 10.6 Å². The van der Waals surface area contributed by atoms with Crippen molar-refractivity contribution in [2.24, 2.45) is 5.92 Å². The highest BCUT2D eigenvalue weighted by atomic mass is 35.5. The Hall–Kier alpha value is -0.770. The molecule has 2 bridgehead atoms. The lowest BCUT2D eigenvalue weighted by Crippen LogP contribution is -2.56. The number of halogens is 1. The molecule has 3 aliphatic rings. The molecule has 3 heterocycles. The highest BCUT2D eigenvalue weighted by Gasteiger charge is 2.33. The monoisotopic (exact) mass is 279 g/mol. The van der Waals surface area contributed by atoms with E-state index in [-0.39, 0.29) is 0 Å². The largest absolute Gasteiger partial charge is 0.384 e. The molecule has 3 saturated heterocycles. The molecule has 4 rings (SSSR count). The summed E-state index contributed by atoms with van der Waals surface area (Å²) < 4.78 is 0. The predicted molar refractivity (Wildman–Crippen MR) is 80.9 cm³/mol. The molecule has 0 aliphatic carbocycles. The van der Waals surface area contributed by atoms with E-state index in [1.165, 1.54) is 32.5 Å². The average molecular weight is 280 g/mol. The molecule has 0 radical (unpaired) electrons. The van der Waals surface area contributed by atoms with Gasteiger partial charge in [0.15, 0.2) is 0 Å². The third kappa shape index (κ3) is 3.41. The zero-order chi connectivity index (χ0) is 13.1. The first-order valence-corrected chi connectivity index (χ1v) is 7.64. The fraction of sp³-hybridized carbons (Fsp3) is 0.600. The molecule has 104 valence electrons. The molecule has 1 aromatic carbocycles. The van der Waals surface area contributed by atoms with Crippen molar-refractivity contribution >= 4 is 17.3 Å². The minimum absolute atomic E-state index is 0.703. The molecule has 4 heteroatoms. The Labute approximate surface area is 120 Å². The van der Waals surface area contributed by atoms with Gasteiger partial charge in [0, 0.05) is 36.4 Å². The summed E-state index contributed by atoms with van der Waals surface area (Å²) in [5.41, 5.74) is 1.14. The normalized spacial score (nSPS) is 29.4. The molecule has 1 aromatic rings. The zero-order valence-electron chi connectivity index (χ0n) is 11.2. The third-order valence-corrected chi connectivity index (χ3v) is 4.61. The Kier molecular flexibility index (Phi) is 4.26. The SMILES string of the molecule is Clc1ccc(NCCN[C@H]2CN3CCC2CC3)cc1. The fourth-order valence-corrected chi connectivity index (χ4v) is 3.35. The fourth-order valence-electron chi connectivity index (χ4n) is 3.23. The van der Waals surface area contributed by atoms with Crippen molar-refractivity contribution in [1.29, 1.82) is 0 Å². The Morgan fingerprint density at radius 3 is 2.47 bits per heavy atom. The maximum atomic E-state index is 5.87. The van der Waals surface area contributed by atoms with Crippen LogP contribution >= 0.6 is 11.6 Å². The second-order valence-corrected chi connectivity index (χ2v) is 6.07. The molecular weight excluding hydrogens is 258 g/mol. The number of hydrogen-bond donors (Lipinski definition) is 2. The van der Waals surface area contributed by atoms with Crippen LogP contribution in [0.4, 0.5) is 5.69 Å². The van der Waals surface area contributed by atoms with Crippen LogP contribution in [-0.4, -0.2) is 43.7 Å². The van der Waals surface area contributed by atoms with Crippen molar-refractivity contribution in [3.8, 4) is 0 Å². The molecule has 0 unspecified atom stereocenters. The Morgan fingerprint density at radius 1 is 1.11 bits per heavy atom. The summed E-state index contributed by atoms with van der Waals surface area (Å²) in [6.45, 7) is 5.85. The van der Waals surface area contributed by atoms with E-state index >= 15 is 0 Å². The summed E-state index contributed by atoms with van der Waals surface area (Å²) in [5.74, 6) is 0.903. The van der Waals surface area contributed by atoms with Gasteiger partial charge in [-0.2, -0.15) is 0 Å². The summed E-state index contributed by atoms with van der Waals surface area (Å²) in [5, 5.41) is 7.91. The van der Waals surface area contributed by atoms with E-state index in [1.54, 1.807) is 0 Å². The lowest BCUT2D eigenvalue weighted by Gasteiger charge is -2.45. The Bertz CT molecular complexity index is 398. The van der Waals surface area contributed by atoms with Gasteiger partial charge in [0.25, 0.3) is 0 Å². The molecule has 19 heavy (non-hydrogen) atoms. The first-order chi connectivity index (χ1) is 9.31. The number of rotatable bonds is 5. The van der Waals surface area contributed by atoms with Gasteiger partial charge in [0.2, 0.25) is 0 Å². The van der Waals surface area contributed by atoms with Crippen LogP contribution in [0.2, 0.25) is 5.02 Å². The minimum Gasteiger partial charge on any atom is -0.384 e. The van der Waals surface area contributed by atoms with E-state index in [4.69, 9.17) is 11.6 Å². The average Bonchev–Trinajstić information content (AvgIpc) is 2.47. The van der Waals surface area contributed by atoms with Crippen molar-refractivity contribution < 1.29 is 0 Å². The summed E-state index contributed by atoms with van der Waals surface area (Å²) in [7, 11) is 0. The van der Waals surface area contributed by atoms with Crippen molar-refractivity contribution in [3.05, 3.63) is 29.3 Å². The summed E-state index contributed by atoms with van der Waals surface area (Å²) in [4.78, 5) is 2.59. The maximum Gasteiger partial charge on any atom is 0.0407 e. The van der Waals surface area contributed by atoms with Gasteiger partial charge in [-0.1, -0.05) is 11.6 Å². The van der Waals surface area contributed by atoms with Crippen LogP contribution in [0.3, 0.4) is 0 Å². The first kappa shape index (κ1) is 13.2. The highest BCUT2D eigenvalue weighted by Crippen LogP contribution is 2.27. The molecule has 3 nitrogen and oxygen atoms in total. The Morgan fingerprint density at radius 2 is 1.84 bits per heavy atom. The number of nitrogens with zero attached hydrogens (tertiary/aromatic N) is 1. The van der Waals surface area contributed by atoms with Crippen molar-refractivity contribution in [3.63, 3.8) is 0 Å². The van der Waals surface area contributed by atoms with Gasteiger partial charge < -0.3 is 15.5 Å². The molecule has 2 N–H and O–H groups in total. The van der Waals surface area contributed by atoms with Gasteiger partial charge in [-0.3, -0.25) is 0 Å². The molecule has 0 saturated carbocycles. The van der Waals surface area contributed by atoms with E-state index in [0.717, 1.165) is 29.7 Å². The second kappa shape index (κ2) is 6.12. The molecule has 0 amide bonds. The Balaban J connectivity index is 1.38. The number of anilines is 1. The van der Waals surface area contributed by atoms with Crippen molar-refractivity contribution in [1.82, 2.24) is 10.2 Å². The summed E-state index contributed by atoms with van der Waals surface area (Å²) in [6.07, 6.45) is 2.75. The molecule has 1 atom stereocenters. The van der Waals surface area contributed by atoms with E-state index in [1.807, 2.05) is 24.3 Å². The van der Waals surface area contributed by atoms with Gasteiger partial charge in [0.05, 0.1) is 0 Å². The number of hydrogen-bond acceptors (Lipinski definition) is 3. The van der Waals surface area contributed by atoms with Crippen molar-refractivity contribution in [2.45, 2.75) is 18.9 Å². The molecule has 0 spiro atoms. The quantitative estimate of drug-likeness (QED) is 0.811. The lowest BCUT2D eigenvalue weighted by atomic mass is 9.84. The number of piperidine rings is 3. The van der Waals surface area contributed by atoms with Crippen molar-refractivity contribution in [2.75, 3.05) is 38.0 Å². The highest BCUT2D eigenvalue weighted by molar-refractivity contribution is 6.30. The number of nitrogens with one attached hydrogen (secondary N) is 2. The first-order valence-electron chi connectivity index (χ1n) is 7.26. The number of benzene rings is 1. The van der Waals surface area contributed by atoms with Crippen LogP contribution in [0.5, 0.6) is 0 Å². The smallest absolute Gasteiger partial charge is 0.0407 e. The van der Waals surface area contributed by atoms with Crippen LogP contribution in [0.1, 0.15) is 12.8 Å². The van der Waals surface area contributed by atoms with Crippen LogP contribution in [0, 0.1) is 5.92 Å². The maximum absolute atomic E-state index is 5.87. The van der Waals surface area contributed by atoms with E-state index in [0.29, 0.717) is 6.04 Å². The number of fused-ring (bicyclic) bond motifs is 3. The van der Waals surface area contributed by atoms with Gasteiger partial charge in [0.1, 0.15) is 0 Å².